The fourth-order valence-corrected chi connectivity index (χ4v) is 3.94. The molecule has 4 N–H and O–H groups in total. The standard InChI is InChI=1S/C27H36N4O4/c1-20(26(28)33)8-13-25(32)30-24(27(34)31-16-5-14-29-15-17-31)18-21-9-11-23(12-10-21)35-19-22-6-3-2-4-7-22/h2-4,6-7,9-12,20,24,29H,5,8,13-19H2,1H3,(H2,28,33)(H,30,32). The number of nitrogens with two attached hydrogens (primary N) is 1. The van der Waals surface area contributed by atoms with Crippen molar-refractivity contribution in [3.05, 3.63) is 65.7 Å². The average Bonchev–Trinajstić information content (AvgIpc) is 3.16. The SMILES string of the molecule is CC(CCC(=O)NC(Cc1ccc(OCc2ccccc2)cc1)C(=O)N1CCCNCC1)C(N)=O. The summed E-state index contributed by atoms with van der Waals surface area (Å²) in [7, 11) is 0. The van der Waals surface area contributed by atoms with Crippen molar-refractivity contribution < 1.29 is 19.1 Å². The molecule has 1 heterocycles. The van der Waals surface area contributed by atoms with Crippen molar-refractivity contribution in [2.75, 3.05) is 26.2 Å². The van der Waals surface area contributed by atoms with Gasteiger partial charge in [-0.05, 0) is 42.6 Å². The summed E-state index contributed by atoms with van der Waals surface area (Å²) < 4.78 is 5.86. The van der Waals surface area contributed by atoms with Gasteiger partial charge in [-0.1, -0.05) is 49.4 Å². The van der Waals surface area contributed by atoms with Crippen LogP contribution in [0.25, 0.3) is 0 Å². The topological polar surface area (TPSA) is 114 Å². The van der Waals surface area contributed by atoms with E-state index >= 15 is 0 Å². The predicted octanol–water partition coefficient (Wildman–Crippen LogP) is 2.02. The second-order valence-electron chi connectivity index (χ2n) is 9.01. The summed E-state index contributed by atoms with van der Waals surface area (Å²) in [4.78, 5) is 39.1. The molecule has 2 atom stereocenters. The van der Waals surface area contributed by atoms with Gasteiger partial charge in [0.15, 0.2) is 0 Å². The lowest BCUT2D eigenvalue weighted by Crippen LogP contribution is -2.50. The number of carbonyl (C=O) groups is 3. The highest BCUT2D eigenvalue weighted by molar-refractivity contribution is 5.88. The summed E-state index contributed by atoms with van der Waals surface area (Å²) in [6.07, 6.45) is 1.74. The van der Waals surface area contributed by atoms with Gasteiger partial charge in [-0.25, -0.2) is 0 Å². The van der Waals surface area contributed by atoms with Gasteiger partial charge in [-0.2, -0.15) is 0 Å². The average molecular weight is 481 g/mol. The monoisotopic (exact) mass is 480 g/mol. The number of rotatable bonds is 11. The van der Waals surface area contributed by atoms with Crippen LogP contribution in [-0.2, 0) is 27.4 Å². The van der Waals surface area contributed by atoms with E-state index in [9.17, 15) is 14.4 Å². The number of benzene rings is 2. The van der Waals surface area contributed by atoms with Crippen LogP contribution < -0.4 is 21.1 Å². The van der Waals surface area contributed by atoms with Crippen molar-refractivity contribution in [1.82, 2.24) is 15.5 Å². The van der Waals surface area contributed by atoms with Gasteiger partial charge in [0.2, 0.25) is 17.7 Å². The van der Waals surface area contributed by atoms with E-state index in [2.05, 4.69) is 10.6 Å². The van der Waals surface area contributed by atoms with E-state index in [-0.39, 0.29) is 18.2 Å². The van der Waals surface area contributed by atoms with Crippen molar-refractivity contribution in [2.45, 2.75) is 45.3 Å². The number of nitrogens with zero attached hydrogens (tertiary/aromatic N) is 1. The molecule has 0 aromatic heterocycles. The zero-order valence-corrected chi connectivity index (χ0v) is 20.4. The lowest BCUT2D eigenvalue weighted by molar-refractivity contribution is -0.136. The van der Waals surface area contributed by atoms with Crippen LogP contribution in [0.5, 0.6) is 5.75 Å². The number of carbonyl (C=O) groups excluding carboxylic acids is 3. The molecule has 0 saturated carbocycles. The number of nitrogens with one attached hydrogen (secondary N) is 2. The molecule has 1 aliphatic heterocycles. The van der Waals surface area contributed by atoms with Crippen LogP contribution in [0.15, 0.2) is 54.6 Å². The summed E-state index contributed by atoms with van der Waals surface area (Å²) >= 11 is 0. The van der Waals surface area contributed by atoms with Gasteiger partial charge in [0.1, 0.15) is 18.4 Å². The largest absolute Gasteiger partial charge is 0.489 e. The molecular weight excluding hydrogens is 444 g/mol. The molecule has 3 amide bonds. The highest BCUT2D eigenvalue weighted by Gasteiger charge is 2.27. The Morgan fingerprint density at radius 1 is 1.03 bits per heavy atom. The third-order valence-corrected chi connectivity index (χ3v) is 6.19. The molecule has 0 spiro atoms. The van der Waals surface area contributed by atoms with Crippen LogP contribution in [0.2, 0.25) is 0 Å². The second kappa shape index (κ2) is 13.5. The van der Waals surface area contributed by atoms with E-state index in [0.717, 1.165) is 36.4 Å². The molecule has 2 aromatic carbocycles. The normalized spacial score (nSPS) is 15.5. The van der Waals surface area contributed by atoms with E-state index in [1.165, 1.54) is 0 Å². The van der Waals surface area contributed by atoms with Crippen LogP contribution >= 0.6 is 0 Å². The first-order valence-corrected chi connectivity index (χ1v) is 12.3. The summed E-state index contributed by atoms with van der Waals surface area (Å²) in [6, 6.07) is 16.9. The van der Waals surface area contributed by atoms with Crippen LogP contribution in [-0.4, -0.2) is 54.8 Å². The maximum atomic E-state index is 13.3. The summed E-state index contributed by atoms with van der Waals surface area (Å²) in [5.74, 6) is -0.433. The Kier molecular flexibility index (Phi) is 10.1. The Morgan fingerprint density at radius 2 is 1.77 bits per heavy atom. The minimum absolute atomic E-state index is 0.0885. The number of ether oxygens (including phenoxy) is 1. The Balaban J connectivity index is 1.63. The molecule has 0 aliphatic carbocycles. The van der Waals surface area contributed by atoms with E-state index in [1.807, 2.05) is 59.5 Å². The molecule has 2 aromatic rings. The minimum Gasteiger partial charge on any atom is -0.489 e. The third-order valence-electron chi connectivity index (χ3n) is 6.19. The smallest absolute Gasteiger partial charge is 0.245 e. The number of hydrogen-bond acceptors (Lipinski definition) is 5. The Morgan fingerprint density at radius 3 is 2.49 bits per heavy atom. The van der Waals surface area contributed by atoms with Crippen molar-refractivity contribution in [2.24, 2.45) is 11.7 Å². The van der Waals surface area contributed by atoms with E-state index in [1.54, 1.807) is 6.92 Å². The van der Waals surface area contributed by atoms with Crippen LogP contribution in [0.3, 0.4) is 0 Å². The van der Waals surface area contributed by atoms with Crippen molar-refractivity contribution >= 4 is 17.7 Å². The van der Waals surface area contributed by atoms with Crippen molar-refractivity contribution in [3.63, 3.8) is 0 Å². The molecule has 0 radical (unpaired) electrons. The molecule has 8 heteroatoms. The van der Waals surface area contributed by atoms with Gasteiger partial charge in [0.25, 0.3) is 0 Å². The number of hydrogen-bond donors (Lipinski definition) is 3. The van der Waals surface area contributed by atoms with Crippen molar-refractivity contribution in [3.8, 4) is 5.75 Å². The Labute approximate surface area is 207 Å². The molecule has 1 aliphatic rings. The first kappa shape index (κ1) is 26.2. The molecule has 188 valence electrons. The van der Waals surface area contributed by atoms with Gasteiger partial charge in [-0.15, -0.1) is 0 Å². The van der Waals surface area contributed by atoms with Gasteiger partial charge >= 0.3 is 0 Å². The number of amides is 3. The van der Waals surface area contributed by atoms with Crippen LogP contribution in [0, 0.1) is 5.92 Å². The Bertz CT molecular complexity index is 957. The molecule has 1 fully saturated rings. The third kappa shape index (κ3) is 8.72. The molecule has 1 saturated heterocycles. The zero-order chi connectivity index (χ0) is 25.0. The quantitative estimate of drug-likeness (QED) is 0.455. The first-order valence-electron chi connectivity index (χ1n) is 12.3. The van der Waals surface area contributed by atoms with Gasteiger partial charge in [-0.3, -0.25) is 14.4 Å². The Hall–Kier alpha value is -3.39. The molecule has 8 nitrogen and oxygen atoms in total. The van der Waals surface area contributed by atoms with Crippen LogP contribution in [0.1, 0.15) is 37.3 Å². The van der Waals surface area contributed by atoms with E-state index in [4.69, 9.17) is 10.5 Å². The molecule has 35 heavy (non-hydrogen) atoms. The number of primary amides is 1. The maximum Gasteiger partial charge on any atom is 0.245 e. The van der Waals surface area contributed by atoms with E-state index in [0.29, 0.717) is 32.5 Å². The van der Waals surface area contributed by atoms with Crippen molar-refractivity contribution in [1.29, 1.82) is 0 Å². The molecular formula is C27H36N4O4. The fourth-order valence-electron chi connectivity index (χ4n) is 3.94. The molecule has 3 rings (SSSR count). The highest BCUT2D eigenvalue weighted by atomic mass is 16.5. The summed E-state index contributed by atoms with van der Waals surface area (Å²) in [6.45, 7) is 5.04. The second-order valence-corrected chi connectivity index (χ2v) is 9.01. The molecule has 2 unspecified atom stereocenters. The minimum atomic E-state index is -0.680. The molecule has 0 bridgehead atoms. The van der Waals surface area contributed by atoms with Crippen LogP contribution in [0.4, 0.5) is 0 Å². The van der Waals surface area contributed by atoms with Gasteiger partial charge < -0.3 is 26.0 Å². The first-order chi connectivity index (χ1) is 16.9. The predicted molar refractivity (Wildman–Crippen MR) is 135 cm³/mol. The van der Waals surface area contributed by atoms with Gasteiger partial charge in [0.05, 0.1) is 0 Å². The summed E-state index contributed by atoms with van der Waals surface area (Å²) in [5, 5.41) is 6.20. The summed E-state index contributed by atoms with van der Waals surface area (Å²) in [5.41, 5.74) is 7.32. The lowest BCUT2D eigenvalue weighted by Gasteiger charge is -2.27. The fraction of sp³-hybridized carbons (Fsp3) is 0.444. The maximum absolute atomic E-state index is 13.3. The zero-order valence-electron chi connectivity index (χ0n) is 20.4. The van der Waals surface area contributed by atoms with Gasteiger partial charge in [0, 0.05) is 38.4 Å². The highest BCUT2D eigenvalue weighted by Crippen LogP contribution is 2.16. The van der Waals surface area contributed by atoms with E-state index < -0.39 is 17.9 Å². The lowest BCUT2D eigenvalue weighted by atomic mass is 10.0.